The van der Waals surface area contributed by atoms with Gasteiger partial charge >= 0.3 is 0 Å². The molecule has 2 atom stereocenters. The third-order valence-corrected chi connectivity index (χ3v) is 12.6. The first kappa shape index (κ1) is 35.2. The molecule has 0 bridgehead atoms. The first-order chi connectivity index (χ1) is 16.4. The van der Waals surface area contributed by atoms with Gasteiger partial charge in [0.2, 0.25) is 0 Å². The van der Waals surface area contributed by atoms with Crippen LogP contribution in [0.4, 0.5) is 0 Å². The molecule has 0 aliphatic carbocycles. The van der Waals surface area contributed by atoms with Gasteiger partial charge in [-0.25, -0.2) is 0 Å². The molecule has 0 radical (unpaired) electrons. The van der Waals surface area contributed by atoms with Crippen LogP contribution in [-0.4, -0.2) is 62.1 Å². The molecule has 2 unspecified atom stereocenters. The first-order valence-electron chi connectivity index (χ1n) is 12.9. The van der Waals surface area contributed by atoms with Crippen LogP contribution in [0.2, 0.25) is 0 Å². The molecule has 0 fully saturated rings. The fourth-order valence-corrected chi connectivity index (χ4v) is 11.0. The van der Waals surface area contributed by atoms with E-state index in [9.17, 15) is 0 Å². The van der Waals surface area contributed by atoms with Gasteiger partial charge < -0.3 is 28.4 Å². The van der Waals surface area contributed by atoms with Crippen LogP contribution >= 0.6 is 41.2 Å². The summed E-state index contributed by atoms with van der Waals surface area (Å²) in [6.07, 6.45) is 5.63. The minimum atomic E-state index is -0.916. The summed E-state index contributed by atoms with van der Waals surface area (Å²) in [5, 5.41) is 1.03. The summed E-state index contributed by atoms with van der Waals surface area (Å²) < 4.78 is 35.3. The van der Waals surface area contributed by atoms with Gasteiger partial charge in [0.05, 0.1) is 0 Å². The highest BCUT2D eigenvalue weighted by Gasteiger charge is 2.34. The van der Waals surface area contributed by atoms with Crippen LogP contribution in [0.25, 0.3) is 0 Å². The van der Waals surface area contributed by atoms with Gasteiger partial charge in [0.1, 0.15) is 0 Å². The van der Waals surface area contributed by atoms with Gasteiger partial charge in [-0.15, -0.1) is 0 Å². The van der Waals surface area contributed by atoms with Gasteiger partial charge in [-0.3, -0.25) is 0 Å². The predicted octanol–water partition coefficient (Wildman–Crippen LogP) is 8.31. The van der Waals surface area contributed by atoms with Crippen LogP contribution in [0, 0.1) is 0 Å². The highest BCUT2D eigenvalue weighted by molar-refractivity contribution is 9.26. The summed E-state index contributed by atoms with van der Waals surface area (Å²) in [7, 11) is 7.60. The summed E-state index contributed by atoms with van der Waals surface area (Å²) in [5.74, 6) is -1.83. The molecule has 0 aromatic heterocycles. The maximum atomic E-state index is 5.88. The van der Waals surface area contributed by atoms with Gasteiger partial charge in [-0.2, -0.15) is 0 Å². The Hall–Kier alpha value is 1.16. The number of hydrogen-bond donors (Lipinski definition) is 0. The van der Waals surface area contributed by atoms with E-state index in [1.807, 2.05) is 82.8 Å². The molecule has 206 valence electrons. The average Bonchev–Trinajstić information content (AvgIpc) is 2.81. The summed E-state index contributed by atoms with van der Waals surface area (Å²) in [4.78, 5) is 0. The van der Waals surface area contributed by atoms with E-state index < -0.39 is 11.9 Å². The lowest BCUT2D eigenvalue weighted by Gasteiger charge is -2.33. The normalized spacial score (nSPS) is 14.5. The molecule has 0 saturated heterocycles. The molecule has 0 aliphatic rings. The van der Waals surface area contributed by atoms with Gasteiger partial charge in [-0.1, -0.05) is 35.4 Å². The minimum Gasteiger partial charge on any atom is -0.328 e. The number of ether oxygens (including phenoxy) is 6. The van der Waals surface area contributed by atoms with E-state index >= 15 is 0 Å². The molecule has 10 heteroatoms. The molecule has 34 heavy (non-hydrogen) atoms. The second kappa shape index (κ2) is 22.2. The van der Waals surface area contributed by atoms with Crippen molar-refractivity contribution in [2.24, 2.45) is 0 Å². The van der Waals surface area contributed by atoms with Gasteiger partial charge in [0.15, 0.2) is 0 Å². The highest BCUT2D eigenvalue weighted by Crippen LogP contribution is 2.49. The van der Waals surface area contributed by atoms with Crippen molar-refractivity contribution in [1.82, 2.24) is 0 Å². The van der Waals surface area contributed by atoms with Crippen LogP contribution in [-0.2, 0) is 28.4 Å². The summed E-state index contributed by atoms with van der Waals surface area (Å²) >= 11 is 0. The van der Waals surface area contributed by atoms with Crippen molar-refractivity contribution < 1.29 is 28.4 Å². The van der Waals surface area contributed by atoms with Crippen LogP contribution in [0.5, 0.6) is 0 Å². The molecule has 0 N–H and O–H groups in total. The molecule has 0 aliphatic heterocycles. The lowest BCUT2D eigenvalue weighted by atomic mass is 10.1. The Kier molecular flexibility index (Phi) is 22.9. The molecular weight excluding hydrogens is 513 g/mol. The molecule has 0 aromatic rings. The fraction of sp³-hybridized carbons (Fsp3) is 1.00. The Morgan fingerprint density at radius 1 is 0.471 bits per heavy atom. The maximum Gasteiger partial charge on any atom is 0.282 e. The van der Waals surface area contributed by atoms with Crippen molar-refractivity contribution in [2.45, 2.75) is 116 Å². The Labute approximate surface area is 225 Å². The first-order valence-corrected chi connectivity index (χ1v) is 17.9. The molecule has 6 nitrogen and oxygen atoms in total. The van der Waals surface area contributed by atoms with E-state index in [-0.39, 0.29) is 0 Å². The maximum absolute atomic E-state index is 5.88. The molecule has 0 heterocycles. The Balaban J connectivity index is 4.61. The van der Waals surface area contributed by atoms with Crippen molar-refractivity contribution in [3.8, 4) is 0 Å². The molecule has 0 amide bonds. The quantitative estimate of drug-likeness (QED) is 0.0616. The topological polar surface area (TPSA) is 55.4 Å². The number of hydrogen-bond acceptors (Lipinski definition) is 10. The Morgan fingerprint density at radius 2 is 0.735 bits per heavy atom. The van der Waals surface area contributed by atoms with Crippen molar-refractivity contribution in [1.29, 1.82) is 0 Å². The molecule has 0 saturated carbocycles. The molecule has 0 aromatic carbocycles. The zero-order valence-electron chi connectivity index (χ0n) is 22.7. The van der Waals surface area contributed by atoms with E-state index in [2.05, 4.69) is 13.8 Å². The average molecular weight is 563 g/mol. The SMILES string of the molecule is CCOC(CCC(CC)SSSSC(CC)CCC(OCC)(OCC)OCC)(OCC)OCC. The van der Waals surface area contributed by atoms with E-state index in [4.69, 9.17) is 28.4 Å². The van der Waals surface area contributed by atoms with Crippen molar-refractivity contribution >= 4 is 41.2 Å². The summed E-state index contributed by atoms with van der Waals surface area (Å²) in [6.45, 7) is 19.8. The second-order valence-corrected chi connectivity index (χ2v) is 13.8. The third kappa shape index (κ3) is 14.8. The minimum absolute atomic E-state index is 0.514. The third-order valence-electron chi connectivity index (χ3n) is 5.02. The fourth-order valence-electron chi connectivity index (χ4n) is 3.46. The van der Waals surface area contributed by atoms with Crippen LogP contribution < -0.4 is 0 Å². The van der Waals surface area contributed by atoms with E-state index in [1.54, 1.807) is 0 Å². The monoisotopic (exact) mass is 562 g/mol. The van der Waals surface area contributed by atoms with Gasteiger partial charge in [0, 0.05) is 63.0 Å². The molecule has 0 spiro atoms. The van der Waals surface area contributed by atoms with Crippen LogP contribution in [0.3, 0.4) is 0 Å². The zero-order chi connectivity index (χ0) is 25.7. The van der Waals surface area contributed by atoms with Gasteiger partial charge in [-0.05, 0) is 86.9 Å². The standard InChI is InChI=1S/C24H50O6S4/c1-9-21(17-19-23(25-11-3,26-12-4)27-13-5)31-33-34-32-22(10-2)18-20-24(28-14-6,29-15-7)30-16-8/h21-22H,9-20H2,1-8H3. The Morgan fingerprint density at radius 3 is 0.941 bits per heavy atom. The Bertz CT molecular complexity index is 387. The highest BCUT2D eigenvalue weighted by atomic mass is 33.7. The molecule has 0 rings (SSSR count). The van der Waals surface area contributed by atoms with Crippen molar-refractivity contribution in [2.75, 3.05) is 39.6 Å². The largest absolute Gasteiger partial charge is 0.328 e. The zero-order valence-corrected chi connectivity index (χ0v) is 26.0. The number of rotatable bonds is 25. The van der Waals surface area contributed by atoms with Crippen molar-refractivity contribution in [3.63, 3.8) is 0 Å². The van der Waals surface area contributed by atoms with Gasteiger partial charge in [0.25, 0.3) is 11.9 Å². The second-order valence-electron chi connectivity index (χ2n) is 7.43. The smallest absolute Gasteiger partial charge is 0.282 e. The van der Waals surface area contributed by atoms with Crippen LogP contribution in [0.1, 0.15) is 93.9 Å². The van der Waals surface area contributed by atoms with Crippen molar-refractivity contribution in [3.05, 3.63) is 0 Å². The molecular formula is C24H50O6S4. The van der Waals surface area contributed by atoms with Crippen LogP contribution in [0.15, 0.2) is 0 Å². The van der Waals surface area contributed by atoms with E-state index in [0.717, 1.165) is 38.5 Å². The summed E-state index contributed by atoms with van der Waals surface area (Å²) in [5.41, 5.74) is 0. The van der Waals surface area contributed by atoms with E-state index in [1.165, 1.54) is 0 Å². The lowest BCUT2D eigenvalue weighted by molar-refractivity contribution is -0.380. The summed E-state index contributed by atoms with van der Waals surface area (Å²) in [6, 6.07) is 0. The predicted molar refractivity (Wildman–Crippen MR) is 152 cm³/mol. The lowest BCUT2D eigenvalue weighted by Crippen LogP contribution is -2.40. The van der Waals surface area contributed by atoms with E-state index in [0.29, 0.717) is 50.1 Å².